The third kappa shape index (κ3) is 2.67. The third-order valence-electron chi connectivity index (χ3n) is 2.80. The third-order valence-corrected chi connectivity index (χ3v) is 3.33. The van der Waals surface area contributed by atoms with E-state index < -0.39 is 0 Å². The van der Waals surface area contributed by atoms with Gasteiger partial charge in [0.1, 0.15) is 0 Å². The van der Waals surface area contributed by atoms with E-state index in [0.717, 1.165) is 36.0 Å². The highest BCUT2D eigenvalue weighted by molar-refractivity contribution is 9.10. The van der Waals surface area contributed by atoms with Crippen LogP contribution >= 0.6 is 15.9 Å². The SMILES string of the molecule is O=C(c1ccc(Br)cc1)C1CCCNC1. The summed E-state index contributed by atoms with van der Waals surface area (Å²) in [7, 11) is 0. The van der Waals surface area contributed by atoms with E-state index in [1.165, 1.54) is 0 Å². The van der Waals surface area contributed by atoms with Crippen molar-refractivity contribution in [3.05, 3.63) is 34.3 Å². The van der Waals surface area contributed by atoms with Crippen LogP contribution < -0.4 is 5.32 Å². The van der Waals surface area contributed by atoms with Crippen molar-refractivity contribution in [3.8, 4) is 0 Å². The first-order valence-corrected chi connectivity index (χ1v) is 6.07. The van der Waals surface area contributed by atoms with Crippen molar-refractivity contribution >= 4 is 21.7 Å². The summed E-state index contributed by atoms with van der Waals surface area (Å²) in [4.78, 5) is 12.1. The average molecular weight is 268 g/mol. The summed E-state index contributed by atoms with van der Waals surface area (Å²) in [5, 5.41) is 3.27. The molecule has 0 bridgehead atoms. The molecule has 0 radical (unpaired) electrons. The normalized spacial score (nSPS) is 21.3. The van der Waals surface area contributed by atoms with Gasteiger partial charge < -0.3 is 5.32 Å². The minimum atomic E-state index is 0.167. The van der Waals surface area contributed by atoms with Crippen molar-refractivity contribution in [3.63, 3.8) is 0 Å². The van der Waals surface area contributed by atoms with Gasteiger partial charge in [-0.3, -0.25) is 4.79 Å². The van der Waals surface area contributed by atoms with Crippen LogP contribution in [-0.2, 0) is 0 Å². The molecule has 0 saturated carbocycles. The minimum absolute atomic E-state index is 0.167. The van der Waals surface area contributed by atoms with Gasteiger partial charge in [-0.25, -0.2) is 0 Å². The Kier molecular flexibility index (Phi) is 3.54. The molecule has 1 fully saturated rings. The Balaban J connectivity index is 2.09. The molecule has 1 heterocycles. The number of Topliss-reactive ketones (excluding diaryl/α,β-unsaturated/α-hetero) is 1. The van der Waals surface area contributed by atoms with Gasteiger partial charge in [0.15, 0.2) is 5.78 Å². The van der Waals surface area contributed by atoms with Gasteiger partial charge in [0.25, 0.3) is 0 Å². The molecular formula is C12H14BrNO. The van der Waals surface area contributed by atoms with Crippen LogP contribution in [0.5, 0.6) is 0 Å². The lowest BCUT2D eigenvalue weighted by Gasteiger charge is -2.21. The van der Waals surface area contributed by atoms with Gasteiger partial charge in [-0.2, -0.15) is 0 Å². The van der Waals surface area contributed by atoms with Gasteiger partial charge >= 0.3 is 0 Å². The summed E-state index contributed by atoms with van der Waals surface area (Å²) < 4.78 is 1.01. The first kappa shape index (κ1) is 10.8. The highest BCUT2D eigenvalue weighted by Gasteiger charge is 2.21. The van der Waals surface area contributed by atoms with Crippen molar-refractivity contribution < 1.29 is 4.79 Å². The number of ketones is 1. The molecule has 0 aromatic heterocycles. The predicted molar refractivity (Wildman–Crippen MR) is 64.1 cm³/mol. The fourth-order valence-electron chi connectivity index (χ4n) is 1.93. The van der Waals surface area contributed by atoms with Crippen LogP contribution in [0.4, 0.5) is 0 Å². The molecule has 1 N–H and O–H groups in total. The maximum absolute atomic E-state index is 12.1. The zero-order valence-corrected chi connectivity index (χ0v) is 10.1. The van der Waals surface area contributed by atoms with E-state index >= 15 is 0 Å². The Bertz CT molecular complexity index is 341. The van der Waals surface area contributed by atoms with Crippen LogP contribution in [0.3, 0.4) is 0 Å². The van der Waals surface area contributed by atoms with E-state index in [0.29, 0.717) is 0 Å². The van der Waals surface area contributed by atoms with Crippen LogP contribution in [-0.4, -0.2) is 18.9 Å². The van der Waals surface area contributed by atoms with Crippen molar-refractivity contribution in [1.82, 2.24) is 5.32 Å². The lowest BCUT2D eigenvalue weighted by molar-refractivity contribution is 0.0899. The van der Waals surface area contributed by atoms with E-state index in [4.69, 9.17) is 0 Å². The first-order chi connectivity index (χ1) is 7.27. The fourth-order valence-corrected chi connectivity index (χ4v) is 2.19. The topological polar surface area (TPSA) is 29.1 Å². The largest absolute Gasteiger partial charge is 0.316 e. The van der Waals surface area contributed by atoms with Gasteiger partial charge in [0.2, 0.25) is 0 Å². The van der Waals surface area contributed by atoms with Gasteiger partial charge in [-0.05, 0) is 31.5 Å². The van der Waals surface area contributed by atoms with Crippen molar-refractivity contribution in [1.29, 1.82) is 0 Å². The molecule has 1 aliphatic heterocycles. The number of hydrogen-bond acceptors (Lipinski definition) is 2. The van der Waals surface area contributed by atoms with Gasteiger partial charge in [-0.1, -0.05) is 28.1 Å². The lowest BCUT2D eigenvalue weighted by Crippen LogP contribution is -2.34. The molecule has 15 heavy (non-hydrogen) atoms. The Morgan fingerprint density at radius 3 is 2.67 bits per heavy atom. The van der Waals surface area contributed by atoms with Crippen LogP contribution in [0.2, 0.25) is 0 Å². The van der Waals surface area contributed by atoms with Crippen molar-refractivity contribution in [2.45, 2.75) is 12.8 Å². The highest BCUT2D eigenvalue weighted by Crippen LogP contribution is 2.18. The number of benzene rings is 1. The molecule has 3 heteroatoms. The zero-order valence-electron chi connectivity index (χ0n) is 8.50. The second-order valence-electron chi connectivity index (χ2n) is 3.91. The lowest BCUT2D eigenvalue weighted by atomic mass is 9.91. The molecule has 1 aromatic rings. The maximum atomic E-state index is 12.1. The Morgan fingerprint density at radius 1 is 1.33 bits per heavy atom. The molecular weight excluding hydrogens is 254 g/mol. The van der Waals surface area contributed by atoms with Gasteiger partial charge in [0.05, 0.1) is 0 Å². The predicted octanol–water partition coefficient (Wildman–Crippen LogP) is 2.63. The fraction of sp³-hybridized carbons (Fsp3) is 0.417. The van der Waals surface area contributed by atoms with Gasteiger partial charge in [-0.15, -0.1) is 0 Å². The van der Waals surface area contributed by atoms with E-state index in [-0.39, 0.29) is 11.7 Å². The number of rotatable bonds is 2. The summed E-state index contributed by atoms with van der Waals surface area (Å²) in [5.41, 5.74) is 0.826. The van der Waals surface area contributed by atoms with E-state index in [1.807, 2.05) is 24.3 Å². The first-order valence-electron chi connectivity index (χ1n) is 5.28. The molecule has 0 aliphatic carbocycles. The number of carbonyl (C=O) groups is 1. The highest BCUT2D eigenvalue weighted by atomic mass is 79.9. The Morgan fingerprint density at radius 2 is 2.07 bits per heavy atom. The number of carbonyl (C=O) groups excluding carboxylic acids is 1. The van der Waals surface area contributed by atoms with Crippen LogP contribution in [0.25, 0.3) is 0 Å². The van der Waals surface area contributed by atoms with Crippen molar-refractivity contribution in [2.75, 3.05) is 13.1 Å². The molecule has 0 amide bonds. The second kappa shape index (κ2) is 4.90. The minimum Gasteiger partial charge on any atom is -0.316 e. The van der Waals surface area contributed by atoms with Crippen LogP contribution in [0, 0.1) is 5.92 Å². The molecule has 1 unspecified atom stereocenters. The van der Waals surface area contributed by atoms with E-state index in [2.05, 4.69) is 21.2 Å². The second-order valence-corrected chi connectivity index (χ2v) is 4.83. The number of piperidine rings is 1. The standard InChI is InChI=1S/C12H14BrNO/c13-11-5-3-9(4-6-11)12(15)10-2-1-7-14-8-10/h3-6,10,14H,1-2,7-8H2. The number of nitrogens with one attached hydrogen (secondary N) is 1. The Labute approximate surface area is 98.2 Å². The van der Waals surface area contributed by atoms with E-state index in [1.54, 1.807) is 0 Å². The van der Waals surface area contributed by atoms with Gasteiger partial charge in [0, 0.05) is 22.5 Å². The molecule has 80 valence electrons. The average Bonchev–Trinajstić information content (AvgIpc) is 2.30. The monoisotopic (exact) mass is 267 g/mol. The summed E-state index contributed by atoms with van der Waals surface area (Å²) in [6, 6.07) is 7.62. The quantitative estimate of drug-likeness (QED) is 0.835. The molecule has 2 nitrogen and oxygen atoms in total. The molecule has 1 atom stereocenters. The van der Waals surface area contributed by atoms with Crippen LogP contribution in [0.15, 0.2) is 28.7 Å². The summed E-state index contributed by atoms with van der Waals surface area (Å²) >= 11 is 3.37. The van der Waals surface area contributed by atoms with Crippen molar-refractivity contribution in [2.24, 2.45) is 5.92 Å². The molecule has 1 saturated heterocycles. The summed E-state index contributed by atoms with van der Waals surface area (Å²) in [6.45, 7) is 1.87. The molecule has 2 rings (SSSR count). The van der Waals surface area contributed by atoms with Crippen LogP contribution in [0.1, 0.15) is 23.2 Å². The summed E-state index contributed by atoms with van der Waals surface area (Å²) in [5.74, 6) is 0.439. The number of hydrogen-bond donors (Lipinski definition) is 1. The summed E-state index contributed by atoms with van der Waals surface area (Å²) in [6.07, 6.45) is 2.12. The molecule has 1 aromatic carbocycles. The Hall–Kier alpha value is -0.670. The van der Waals surface area contributed by atoms with E-state index in [9.17, 15) is 4.79 Å². The maximum Gasteiger partial charge on any atom is 0.167 e. The molecule has 0 spiro atoms. The number of halogens is 1. The zero-order chi connectivity index (χ0) is 10.7. The molecule has 1 aliphatic rings. The smallest absolute Gasteiger partial charge is 0.167 e.